The number of rotatable bonds is 7. The Hall–Kier alpha value is -2.45. The van der Waals surface area contributed by atoms with E-state index in [2.05, 4.69) is 21.6 Å². The van der Waals surface area contributed by atoms with Gasteiger partial charge in [-0.05, 0) is 23.9 Å². The van der Waals surface area contributed by atoms with Gasteiger partial charge in [0, 0.05) is 5.56 Å². The van der Waals surface area contributed by atoms with Gasteiger partial charge in [0.2, 0.25) is 11.8 Å². The Balaban J connectivity index is 1.53. The summed E-state index contributed by atoms with van der Waals surface area (Å²) in [5, 5.41) is 13.3. The molecule has 0 bridgehead atoms. The van der Waals surface area contributed by atoms with Crippen LogP contribution in [0.5, 0.6) is 0 Å². The summed E-state index contributed by atoms with van der Waals surface area (Å²) in [5.74, 6) is 0.409. The zero-order chi connectivity index (χ0) is 17.6. The van der Waals surface area contributed by atoms with Gasteiger partial charge in [0.05, 0.1) is 12.2 Å². The van der Waals surface area contributed by atoms with Crippen LogP contribution >= 0.6 is 23.1 Å². The maximum absolute atomic E-state index is 12.0. The Morgan fingerprint density at radius 3 is 3.04 bits per heavy atom. The summed E-state index contributed by atoms with van der Waals surface area (Å²) in [6.45, 7) is 2.03. The number of carbonyl (C=O) groups excluding carboxylic acids is 2. The zero-order valence-electron chi connectivity index (χ0n) is 13.4. The monoisotopic (exact) mass is 373 g/mol. The van der Waals surface area contributed by atoms with E-state index in [-0.39, 0.29) is 11.7 Å². The van der Waals surface area contributed by atoms with E-state index in [9.17, 15) is 9.59 Å². The number of thioether (sulfide) groups is 1. The third kappa shape index (κ3) is 4.77. The molecule has 0 saturated carbocycles. The quantitative estimate of drug-likeness (QED) is 0.503. The standard InChI is InChI=1S/C17H15N3O3S2/c1-11-3-2-4-12(7-11)8-15-19-20-17(23-15)25-10-14(22)18-16-13(9-21)5-6-24-16/h2-7,9H,8,10H2,1H3,(H,18,22). The van der Waals surface area contributed by atoms with Crippen LogP contribution in [-0.2, 0) is 11.2 Å². The fourth-order valence-electron chi connectivity index (χ4n) is 2.17. The molecule has 3 aromatic rings. The zero-order valence-corrected chi connectivity index (χ0v) is 15.0. The van der Waals surface area contributed by atoms with Gasteiger partial charge >= 0.3 is 0 Å². The molecule has 0 aliphatic carbocycles. The molecule has 0 spiro atoms. The molecule has 2 aromatic heterocycles. The van der Waals surface area contributed by atoms with Crippen LogP contribution in [0.2, 0.25) is 0 Å². The van der Waals surface area contributed by atoms with Gasteiger partial charge in [0.1, 0.15) is 5.00 Å². The van der Waals surface area contributed by atoms with Gasteiger partial charge in [0.25, 0.3) is 5.22 Å². The van der Waals surface area contributed by atoms with E-state index in [1.165, 1.54) is 16.9 Å². The van der Waals surface area contributed by atoms with Crippen molar-refractivity contribution < 1.29 is 14.0 Å². The topological polar surface area (TPSA) is 85.1 Å². The first kappa shape index (κ1) is 17.4. The van der Waals surface area contributed by atoms with Gasteiger partial charge in [-0.1, -0.05) is 41.6 Å². The van der Waals surface area contributed by atoms with Crippen LogP contribution < -0.4 is 5.32 Å². The molecule has 128 valence electrons. The van der Waals surface area contributed by atoms with Crippen molar-refractivity contribution in [3.63, 3.8) is 0 Å². The van der Waals surface area contributed by atoms with Crippen molar-refractivity contribution in [2.24, 2.45) is 0 Å². The van der Waals surface area contributed by atoms with Crippen LogP contribution in [0.15, 0.2) is 45.4 Å². The van der Waals surface area contributed by atoms with E-state index in [4.69, 9.17) is 4.42 Å². The van der Waals surface area contributed by atoms with Crippen LogP contribution in [0.25, 0.3) is 0 Å². The molecule has 0 aliphatic rings. The van der Waals surface area contributed by atoms with Gasteiger partial charge in [-0.15, -0.1) is 21.5 Å². The minimum atomic E-state index is -0.228. The third-order valence-electron chi connectivity index (χ3n) is 3.29. The SMILES string of the molecule is Cc1cccc(Cc2nnc(SCC(=O)Nc3sccc3C=O)o2)c1. The highest BCUT2D eigenvalue weighted by Crippen LogP contribution is 2.23. The number of carbonyl (C=O) groups is 2. The van der Waals surface area contributed by atoms with E-state index >= 15 is 0 Å². The third-order valence-corrected chi connectivity index (χ3v) is 4.95. The van der Waals surface area contributed by atoms with Crippen LogP contribution in [0.4, 0.5) is 5.00 Å². The summed E-state index contributed by atoms with van der Waals surface area (Å²) in [5.41, 5.74) is 2.74. The molecule has 0 saturated heterocycles. The van der Waals surface area contributed by atoms with Gasteiger partial charge in [-0.2, -0.15) is 0 Å². The van der Waals surface area contributed by atoms with E-state index < -0.39 is 0 Å². The molecular formula is C17H15N3O3S2. The predicted molar refractivity (Wildman–Crippen MR) is 97.3 cm³/mol. The molecule has 2 heterocycles. The summed E-state index contributed by atoms with van der Waals surface area (Å²) in [6, 6.07) is 9.75. The van der Waals surface area contributed by atoms with Crippen LogP contribution in [0, 0.1) is 6.92 Å². The first-order valence-electron chi connectivity index (χ1n) is 7.47. The van der Waals surface area contributed by atoms with E-state index in [1.807, 2.05) is 25.1 Å². The number of aromatic nitrogens is 2. The smallest absolute Gasteiger partial charge is 0.277 e. The number of hydrogen-bond donors (Lipinski definition) is 1. The Morgan fingerprint density at radius 2 is 2.24 bits per heavy atom. The molecule has 0 fully saturated rings. The molecule has 1 aromatic carbocycles. The molecule has 0 radical (unpaired) electrons. The minimum absolute atomic E-state index is 0.127. The number of anilines is 1. The number of aldehydes is 1. The summed E-state index contributed by atoms with van der Waals surface area (Å²) < 4.78 is 5.57. The summed E-state index contributed by atoms with van der Waals surface area (Å²) >= 11 is 2.47. The van der Waals surface area contributed by atoms with Crippen LogP contribution in [-0.4, -0.2) is 28.1 Å². The Morgan fingerprint density at radius 1 is 1.36 bits per heavy atom. The number of hydrogen-bond acceptors (Lipinski definition) is 7. The number of nitrogens with one attached hydrogen (secondary N) is 1. The first-order chi connectivity index (χ1) is 12.1. The average Bonchev–Trinajstić information content (AvgIpc) is 3.22. The largest absolute Gasteiger partial charge is 0.416 e. The second kappa shape index (κ2) is 8.09. The molecule has 0 unspecified atom stereocenters. The molecular weight excluding hydrogens is 358 g/mol. The lowest BCUT2D eigenvalue weighted by atomic mass is 10.1. The lowest BCUT2D eigenvalue weighted by molar-refractivity contribution is -0.113. The van der Waals surface area contributed by atoms with Crippen molar-refractivity contribution >= 4 is 40.3 Å². The Kier molecular flexibility index (Phi) is 5.62. The minimum Gasteiger partial charge on any atom is -0.416 e. The second-order valence-corrected chi connectivity index (χ2v) is 7.13. The second-order valence-electron chi connectivity index (χ2n) is 5.29. The normalized spacial score (nSPS) is 10.6. The van der Waals surface area contributed by atoms with E-state index in [1.54, 1.807) is 11.4 Å². The molecule has 0 aliphatic heterocycles. The van der Waals surface area contributed by atoms with E-state index in [0.29, 0.717) is 28.1 Å². The molecule has 3 rings (SSSR count). The first-order valence-corrected chi connectivity index (χ1v) is 9.34. The Labute approximate surface area is 152 Å². The van der Waals surface area contributed by atoms with Crippen LogP contribution in [0.3, 0.4) is 0 Å². The van der Waals surface area contributed by atoms with Gasteiger partial charge in [-0.25, -0.2) is 0 Å². The van der Waals surface area contributed by atoms with Crippen molar-refractivity contribution in [2.45, 2.75) is 18.6 Å². The van der Waals surface area contributed by atoms with Crippen molar-refractivity contribution in [2.75, 3.05) is 11.1 Å². The van der Waals surface area contributed by atoms with E-state index in [0.717, 1.165) is 23.6 Å². The van der Waals surface area contributed by atoms with Crippen molar-refractivity contribution in [1.29, 1.82) is 0 Å². The number of benzene rings is 1. The highest BCUT2D eigenvalue weighted by Gasteiger charge is 2.12. The van der Waals surface area contributed by atoms with Crippen molar-refractivity contribution in [1.82, 2.24) is 10.2 Å². The van der Waals surface area contributed by atoms with Gasteiger partial charge in [-0.3, -0.25) is 9.59 Å². The van der Waals surface area contributed by atoms with Gasteiger partial charge in [0.15, 0.2) is 6.29 Å². The Bertz CT molecular complexity index is 889. The molecule has 0 atom stereocenters. The molecule has 1 amide bonds. The molecule has 1 N–H and O–H groups in total. The predicted octanol–water partition coefficient (Wildman–Crippen LogP) is 3.57. The molecule has 25 heavy (non-hydrogen) atoms. The fourth-order valence-corrected chi connectivity index (χ4v) is 3.52. The average molecular weight is 373 g/mol. The lowest BCUT2D eigenvalue weighted by Crippen LogP contribution is -2.14. The van der Waals surface area contributed by atoms with Gasteiger partial charge < -0.3 is 9.73 Å². The molecule has 6 nitrogen and oxygen atoms in total. The number of thiophene rings is 1. The maximum Gasteiger partial charge on any atom is 0.277 e. The van der Waals surface area contributed by atoms with Crippen molar-refractivity contribution in [3.05, 3.63) is 58.3 Å². The lowest BCUT2D eigenvalue weighted by Gasteiger charge is -2.01. The fraction of sp³-hybridized carbons (Fsp3) is 0.176. The number of amides is 1. The number of nitrogens with zero attached hydrogens (tertiary/aromatic N) is 2. The van der Waals surface area contributed by atoms with Crippen molar-refractivity contribution in [3.8, 4) is 0 Å². The summed E-state index contributed by atoms with van der Waals surface area (Å²) in [6.07, 6.45) is 1.27. The van der Waals surface area contributed by atoms with Crippen LogP contribution in [0.1, 0.15) is 27.4 Å². The maximum atomic E-state index is 12.0. The summed E-state index contributed by atoms with van der Waals surface area (Å²) in [4.78, 5) is 22.8. The summed E-state index contributed by atoms with van der Waals surface area (Å²) in [7, 11) is 0. The highest BCUT2D eigenvalue weighted by molar-refractivity contribution is 7.99. The molecule has 8 heteroatoms. The highest BCUT2D eigenvalue weighted by atomic mass is 32.2. The number of aryl methyl sites for hydroxylation is 1.